The van der Waals surface area contributed by atoms with Crippen molar-refractivity contribution in [3.63, 3.8) is 0 Å². The number of thiophene rings is 1. The van der Waals surface area contributed by atoms with Crippen molar-refractivity contribution in [2.75, 3.05) is 0 Å². The van der Waals surface area contributed by atoms with Crippen LogP contribution in [-0.4, -0.2) is 31.3 Å². The molecule has 0 radical (unpaired) electrons. The van der Waals surface area contributed by atoms with E-state index in [1.807, 2.05) is 11.8 Å². The SMILES string of the molecule is CCC1CCC(C)N1C(=O)c1csc(S(=O)(=O)Cl)c1. The summed E-state index contributed by atoms with van der Waals surface area (Å²) >= 11 is 0.986. The Morgan fingerprint density at radius 2 is 2.21 bits per heavy atom. The van der Waals surface area contributed by atoms with Crippen LogP contribution in [0, 0.1) is 0 Å². The van der Waals surface area contributed by atoms with E-state index >= 15 is 0 Å². The van der Waals surface area contributed by atoms with E-state index in [1.165, 1.54) is 6.07 Å². The second-order valence-corrected chi connectivity index (χ2v) is 8.50. The van der Waals surface area contributed by atoms with Crippen LogP contribution in [0.4, 0.5) is 0 Å². The van der Waals surface area contributed by atoms with Crippen molar-refractivity contribution < 1.29 is 13.2 Å². The van der Waals surface area contributed by atoms with Gasteiger partial charge in [0.15, 0.2) is 0 Å². The van der Waals surface area contributed by atoms with Crippen molar-refractivity contribution in [1.29, 1.82) is 0 Å². The molecule has 1 fully saturated rings. The van der Waals surface area contributed by atoms with Crippen LogP contribution < -0.4 is 0 Å². The Kier molecular flexibility index (Phi) is 4.23. The van der Waals surface area contributed by atoms with Crippen LogP contribution in [0.25, 0.3) is 0 Å². The molecular formula is C12H16ClNO3S2. The molecule has 2 atom stereocenters. The Bertz CT molecular complexity index is 582. The molecule has 7 heteroatoms. The zero-order valence-electron chi connectivity index (χ0n) is 10.8. The van der Waals surface area contributed by atoms with E-state index in [2.05, 4.69) is 6.92 Å². The predicted molar refractivity (Wildman–Crippen MR) is 76.3 cm³/mol. The molecule has 0 saturated carbocycles. The van der Waals surface area contributed by atoms with Crippen LogP contribution in [0.1, 0.15) is 43.5 Å². The number of rotatable bonds is 3. The summed E-state index contributed by atoms with van der Waals surface area (Å²) in [7, 11) is 1.53. The molecule has 19 heavy (non-hydrogen) atoms. The molecule has 1 aromatic heterocycles. The third-order valence-electron chi connectivity index (χ3n) is 3.55. The first-order valence-electron chi connectivity index (χ1n) is 6.20. The molecule has 2 heterocycles. The first-order chi connectivity index (χ1) is 8.84. The smallest absolute Gasteiger partial charge is 0.270 e. The average molecular weight is 322 g/mol. The van der Waals surface area contributed by atoms with E-state index in [0.717, 1.165) is 30.6 Å². The summed E-state index contributed by atoms with van der Waals surface area (Å²) in [6.07, 6.45) is 2.92. The largest absolute Gasteiger partial charge is 0.333 e. The molecule has 0 bridgehead atoms. The summed E-state index contributed by atoms with van der Waals surface area (Å²) in [6.45, 7) is 4.09. The standard InChI is InChI=1S/C12H16ClNO3S2/c1-3-10-5-4-8(2)14(10)12(15)9-6-11(18-7-9)19(13,16)17/h6-8,10H,3-5H2,1-2H3. The van der Waals surface area contributed by atoms with E-state index in [-0.39, 0.29) is 22.2 Å². The molecule has 4 nitrogen and oxygen atoms in total. The molecule has 106 valence electrons. The van der Waals surface area contributed by atoms with E-state index in [1.54, 1.807) is 5.38 Å². The number of hydrogen-bond donors (Lipinski definition) is 0. The Balaban J connectivity index is 2.27. The highest BCUT2D eigenvalue weighted by atomic mass is 35.7. The zero-order chi connectivity index (χ0) is 14.2. The van der Waals surface area contributed by atoms with Gasteiger partial charge in [-0.2, -0.15) is 0 Å². The quantitative estimate of drug-likeness (QED) is 0.804. The highest BCUT2D eigenvalue weighted by molar-refractivity contribution is 8.15. The predicted octanol–water partition coefficient (Wildman–Crippen LogP) is 3.08. The van der Waals surface area contributed by atoms with Crippen molar-refractivity contribution in [3.8, 4) is 0 Å². The Morgan fingerprint density at radius 3 is 2.74 bits per heavy atom. The molecule has 0 spiro atoms. The Labute approximate surface area is 121 Å². The summed E-state index contributed by atoms with van der Waals surface area (Å²) in [5.74, 6) is -0.0975. The minimum absolute atomic E-state index is 0.0254. The summed E-state index contributed by atoms with van der Waals surface area (Å²) < 4.78 is 22.5. The maximum Gasteiger partial charge on any atom is 0.270 e. The number of likely N-dealkylation sites (tertiary alicyclic amines) is 1. The van der Waals surface area contributed by atoms with Crippen LogP contribution >= 0.6 is 22.0 Å². The van der Waals surface area contributed by atoms with Crippen molar-refractivity contribution in [2.45, 2.75) is 49.4 Å². The molecule has 1 amide bonds. The number of carbonyl (C=O) groups excluding carboxylic acids is 1. The number of nitrogens with zero attached hydrogens (tertiary/aromatic N) is 1. The van der Waals surface area contributed by atoms with Gasteiger partial charge < -0.3 is 4.90 Å². The fraction of sp³-hybridized carbons (Fsp3) is 0.583. The van der Waals surface area contributed by atoms with Gasteiger partial charge >= 0.3 is 0 Å². The third-order valence-corrected chi connectivity index (χ3v) is 6.59. The Morgan fingerprint density at radius 1 is 1.53 bits per heavy atom. The lowest BCUT2D eigenvalue weighted by atomic mass is 10.1. The van der Waals surface area contributed by atoms with E-state index < -0.39 is 9.05 Å². The normalized spacial score (nSPS) is 23.8. The highest BCUT2D eigenvalue weighted by Crippen LogP contribution is 2.30. The zero-order valence-corrected chi connectivity index (χ0v) is 13.2. The summed E-state index contributed by atoms with van der Waals surface area (Å²) in [6, 6.07) is 1.82. The minimum atomic E-state index is -3.75. The lowest BCUT2D eigenvalue weighted by molar-refractivity contribution is 0.0677. The monoisotopic (exact) mass is 321 g/mol. The van der Waals surface area contributed by atoms with Crippen LogP contribution in [0.5, 0.6) is 0 Å². The van der Waals surface area contributed by atoms with Crippen molar-refractivity contribution >= 4 is 37.0 Å². The van der Waals surface area contributed by atoms with Gasteiger partial charge in [0, 0.05) is 28.1 Å². The molecule has 1 saturated heterocycles. The van der Waals surface area contributed by atoms with Crippen molar-refractivity contribution in [1.82, 2.24) is 4.90 Å². The van der Waals surface area contributed by atoms with Crippen molar-refractivity contribution in [2.24, 2.45) is 0 Å². The summed E-state index contributed by atoms with van der Waals surface area (Å²) in [4.78, 5) is 14.3. The molecule has 2 rings (SSSR count). The number of amides is 1. The molecule has 1 aliphatic heterocycles. The second kappa shape index (κ2) is 5.42. The first kappa shape index (κ1) is 14.8. The summed E-state index contributed by atoms with van der Waals surface area (Å²) in [5.41, 5.74) is 0.413. The lowest BCUT2D eigenvalue weighted by Gasteiger charge is -2.27. The Hall–Kier alpha value is -0.590. The fourth-order valence-electron chi connectivity index (χ4n) is 2.54. The maximum absolute atomic E-state index is 12.5. The highest BCUT2D eigenvalue weighted by Gasteiger charge is 2.34. The average Bonchev–Trinajstić information content (AvgIpc) is 2.93. The molecule has 2 unspecified atom stereocenters. The number of carbonyl (C=O) groups is 1. The summed E-state index contributed by atoms with van der Waals surface area (Å²) in [5, 5.41) is 1.56. The third kappa shape index (κ3) is 2.95. The van der Waals surface area contributed by atoms with Crippen LogP contribution in [0.3, 0.4) is 0 Å². The molecule has 1 aliphatic rings. The fourth-order valence-corrected chi connectivity index (χ4v) is 4.48. The number of halogens is 1. The van der Waals surface area contributed by atoms with E-state index in [4.69, 9.17) is 10.7 Å². The maximum atomic E-state index is 12.5. The molecule has 0 N–H and O–H groups in total. The van der Waals surface area contributed by atoms with Gasteiger partial charge in [0.05, 0.1) is 5.56 Å². The molecule has 0 aromatic carbocycles. The van der Waals surface area contributed by atoms with Gasteiger partial charge in [-0.25, -0.2) is 8.42 Å². The lowest BCUT2D eigenvalue weighted by Crippen LogP contribution is -2.39. The van der Waals surface area contributed by atoms with Gasteiger partial charge in [0.1, 0.15) is 4.21 Å². The molecule has 1 aromatic rings. The van der Waals surface area contributed by atoms with Gasteiger partial charge in [-0.15, -0.1) is 11.3 Å². The van der Waals surface area contributed by atoms with Crippen LogP contribution in [0.2, 0.25) is 0 Å². The van der Waals surface area contributed by atoms with Gasteiger partial charge in [0.2, 0.25) is 0 Å². The van der Waals surface area contributed by atoms with E-state index in [9.17, 15) is 13.2 Å². The first-order valence-corrected chi connectivity index (χ1v) is 9.39. The van der Waals surface area contributed by atoms with Gasteiger partial charge in [-0.1, -0.05) is 6.92 Å². The van der Waals surface area contributed by atoms with Gasteiger partial charge in [-0.05, 0) is 32.3 Å². The van der Waals surface area contributed by atoms with Gasteiger partial charge in [0.25, 0.3) is 15.0 Å². The second-order valence-electron chi connectivity index (χ2n) is 4.79. The van der Waals surface area contributed by atoms with E-state index in [0.29, 0.717) is 5.56 Å². The molecule has 0 aliphatic carbocycles. The topological polar surface area (TPSA) is 54.5 Å². The molecular weight excluding hydrogens is 306 g/mol. The van der Waals surface area contributed by atoms with Gasteiger partial charge in [-0.3, -0.25) is 4.79 Å². The minimum Gasteiger partial charge on any atom is -0.333 e. The van der Waals surface area contributed by atoms with Crippen LogP contribution in [-0.2, 0) is 9.05 Å². The van der Waals surface area contributed by atoms with Crippen molar-refractivity contribution in [3.05, 3.63) is 17.0 Å². The van der Waals surface area contributed by atoms with Crippen LogP contribution in [0.15, 0.2) is 15.7 Å². The number of hydrogen-bond acceptors (Lipinski definition) is 4.